The summed E-state index contributed by atoms with van der Waals surface area (Å²) in [6.45, 7) is 10.8. The van der Waals surface area contributed by atoms with E-state index in [0.29, 0.717) is 5.92 Å². The molecule has 3 rings (SSSR count). The lowest BCUT2D eigenvalue weighted by Gasteiger charge is -2.58. The number of aliphatic hydroxyl groups excluding tert-OH is 1. The van der Waals surface area contributed by atoms with Crippen LogP contribution in [0, 0.1) is 22.7 Å². The maximum Gasteiger partial charge on any atom is 0.188 e. The summed E-state index contributed by atoms with van der Waals surface area (Å²) in [7, 11) is 0. The molecule has 0 aromatic carbocycles. The molecule has 0 radical (unpaired) electrons. The minimum atomic E-state index is -1.67. The van der Waals surface area contributed by atoms with Gasteiger partial charge in [0.2, 0.25) is 0 Å². The first-order valence-electron chi connectivity index (χ1n) is 9.83. The van der Waals surface area contributed by atoms with Crippen LogP contribution in [-0.4, -0.2) is 34.0 Å². The van der Waals surface area contributed by atoms with E-state index in [0.717, 1.165) is 37.3 Å². The summed E-state index contributed by atoms with van der Waals surface area (Å²) >= 11 is 0. The molecule has 0 aromatic rings. The van der Waals surface area contributed by atoms with Crippen LogP contribution < -0.4 is 0 Å². The maximum absolute atomic E-state index is 12.6. The molecule has 0 bridgehead atoms. The number of allylic oxidation sites excluding steroid dienone is 1. The van der Waals surface area contributed by atoms with Crippen LogP contribution in [0.4, 0.5) is 0 Å². The topological polar surface area (TPSA) is 74.6 Å². The summed E-state index contributed by atoms with van der Waals surface area (Å²) in [5, 5.41) is 20.3. The van der Waals surface area contributed by atoms with Gasteiger partial charge >= 0.3 is 0 Å². The summed E-state index contributed by atoms with van der Waals surface area (Å²) in [4.78, 5) is 24.8. The van der Waals surface area contributed by atoms with Crippen LogP contribution in [0.15, 0.2) is 23.8 Å². The Bertz CT molecular complexity index is 674. The van der Waals surface area contributed by atoms with Crippen LogP contribution >= 0.6 is 0 Å². The average Bonchev–Trinajstić information content (AvgIpc) is 2.54. The Morgan fingerprint density at radius 2 is 1.92 bits per heavy atom. The molecule has 3 aliphatic rings. The summed E-state index contributed by atoms with van der Waals surface area (Å²) in [6, 6.07) is 0. The van der Waals surface area contributed by atoms with Gasteiger partial charge in [-0.2, -0.15) is 0 Å². The van der Waals surface area contributed by atoms with Gasteiger partial charge in [-0.05, 0) is 60.8 Å². The standard InChI is InChI=1S/C22H32O4/c1-14-6-7-18-20(2,3)8-5-9-21(18,4)16(14)11-22(26)12-17(24)15(13-23)10-19(22)25/h10,16,18,23,26H,1,5-9,11-13H2,2-4H3/t16-,18-,21+,22-/m0/s1. The molecule has 26 heavy (non-hydrogen) atoms. The molecular weight excluding hydrogens is 328 g/mol. The molecular formula is C22H32O4. The second kappa shape index (κ2) is 6.42. The van der Waals surface area contributed by atoms with Gasteiger partial charge in [0.25, 0.3) is 0 Å². The number of hydrogen-bond donors (Lipinski definition) is 2. The Morgan fingerprint density at radius 3 is 2.58 bits per heavy atom. The lowest BCUT2D eigenvalue weighted by Crippen LogP contribution is -2.53. The largest absolute Gasteiger partial charge is 0.392 e. The van der Waals surface area contributed by atoms with Crippen molar-refractivity contribution in [1.82, 2.24) is 0 Å². The van der Waals surface area contributed by atoms with E-state index in [2.05, 4.69) is 27.4 Å². The number of carbonyl (C=O) groups is 2. The summed E-state index contributed by atoms with van der Waals surface area (Å²) in [6.07, 6.45) is 6.62. The van der Waals surface area contributed by atoms with Gasteiger partial charge in [-0.15, -0.1) is 0 Å². The van der Waals surface area contributed by atoms with E-state index in [1.807, 2.05) is 0 Å². The zero-order valence-electron chi connectivity index (χ0n) is 16.3. The van der Waals surface area contributed by atoms with Crippen molar-refractivity contribution in [2.75, 3.05) is 6.61 Å². The Balaban J connectivity index is 1.92. The Morgan fingerprint density at radius 1 is 1.23 bits per heavy atom. The maximum atomic E-state index is 12.6. The summed E-state index contributed by atoms with van der Waals surface area (Å²) in [5.74, 6) is -0.219. The van der Waals surface area contributed by atoms with Crippen LogP contribution in [0.3, 0.4) is 0 Å². The van der Waals surface area contributed by atoms with Crippen molar-refractivity contribution >= 4 is 11.6 Å². The highest BCUT2D eigenvalue weighted by Gasteiger charge is 2.55. The van der Waals surface area contributed by atoms with Crippen molar-refractivity contribution in [2.45, 2.75) is 71.3 Å². The fourth-order valence-electron chi connectivity index (χ4n) is 6.13. The van der Waals surface area contributed by atoms with Crippen LogP contribution in [0.1, 0.15) is 65.7 Å². The number of carbonyl (C=O) groups excluding carboxylic acids is 2. The normalized spacial score (nSPS) is 40.2. The molecule has 0 saturated heterocycles. The smallest absolute Gasteiger partial charge is 0.188 e. The van der Waals surface area contributed by atoms with E-state index in [1.165, 1.54) is 6.42 Å². The molecule has 4 heteroatoms. The molecule has 4 atom stereocenters. The van der Waals surface area contributed by atoms with E-state index in [4.69, 9.17) is 0 Å². The fraction of sp³-hybridized carbons (Fsp3) is 0.727. The third kappa shape index (κ3) is 3.01. The van der Waals surface area contributed by atoms with Gasteiger partial charge in [-0.25, -0.2) is 0 Å². The van der Waals surface area contributed by atoms with Gasteiger partial charge in [-0.1, -0.05) is 39.3 Å². The van der Waals surface area contributed by atoms with Gasteiger partial charge in [-0.3, -0.25) is 9.59 Å². The predicted octanol–water partition coefficient (Wildman–Crippen LogP) is 3.37. The number of fused-ring (bicyclic) bond motifs is 1. The highest BCUT2D eigenvalue weighted by atomic mass is 16.3. The van der Waals surface area contributed by atoms with Gasteiger partial charge in [0.1, 0.15) is 5.60 Å². The van der Waals surface area contributed by atoms with Crippen LogP contribution in [-0.2, 0) is 9.59 Å². The second-order valence-corrected chi connectivity index (χ2v) is 9.68. The van der Waals surface area contributed by atoms with E-state index < -0.39 is 18.0 Å². The first-order valence-corrected chi connectivity index (χ1v) is 9.83. The molecule has 2 saturated carbocycles. The Hall–Kier alpha value is -1.26. The molecule has 4 nitrogen and oxygen atoms in total. The molecule has 144 valence electrons. The van der Waals surface area contributed by atoms with Crippen molar-refractivity contribution in [3.8, 4) is 0 Å². The Labute approximate surface area is 156 Å². The number of aliphatic hydroxyl groups is 2. The minimum absolute atomic E-state index is 0.00287. The van der Waals surface area contributed by atoms with Crippen LogP contribution in [0.25, 0.3) is 0 Å². The monoisotopic (exact) mass is 360 g/mol. The predicted molar refractivity (Wildman–Crippen MR) is 100 cm³/mol. The summed E-state index contributed by atoms with van der Waals surface area (Å²) < 4.78 is 0. The van der Waals surface area contributed by atoms with Crippen LogP contribution in [0.5, 0.6) is 0 Å². The lowest BCUT2D eigenvalue weighted by atomic mass is 9.46. The van der Waals surface area contributed by atoms with Gasteiger partial charge in [0.15, 0.2) is 11.6 Å². The molecule has 0 amide bonds. The zero-order valence-corrected chi connectivity index (χ0v) is 16.3. The Kier molecular flexibility index (Phi) is 4.81. The molecule has 0 unspecified atom stereocenters. The van der Waals surface area contributed by atoms with Crippen LogP contribution in [0.2, 0.25) is 0 Å². The molecule has 0 spiro atoms. The summed E-state index contributed by atoms with van der Waals surface area (Å²) in [5.41, 5.74) is -0.227. The SMILES string of the molecule is C=C1CC[C@H]2C(C)(C)CCC[C@]2(C)[C@H]1C[C@]1(O)CC(=O)C(CO)=CC1=O. The van der Waals surface area contributed by atoms with Gasteiger partial charge in [0, 0.05) is 12.0 Å². The van der Waals surface area contributed by atoms with Gasteiger partial charge in [0.05, 0.1) is 6.61 Å². The first-order chi connectivity index (χ1) is 12.0. The third-order valence-electron chi connectivity index (χ3n) is 7.61. The van der Waals surface area contributed by atoms with Crippen molar-refractivity contribution in [2.24, 2.45) is 22.7 Å². The second-order valence-electron chi connectivity index (χ2n) is 9.68. The van der Waals surface area contributed by atoms with E-state index in [1.54, 1.807) is 0 Å². The zero-order chi connectivity index (χ0) is 19.3. The number of ketones is 2. The molecule has 0 aromatic heterocycles. The van der Waals surface area contributed by atoms with Crippen molar-refractivity contribution in [3.63, 3.8) is 0 Å². The molecule has 0 aliphatic heterocycles. The number of hydrogen-bond acceptors (Lipinski definition) is 4. The third-order valence-corrected chi connectivity index (χ3v) is 7.61. The highest BCUT2D eigenvalue weighted by Crippen LogP contribution is 2.62. The van der Waals surface area contributed by atoms with E-state index in [-0.39, 0.29) is 40.9 Å². The number of rotatable bonds is 3. The highest BCUT2D eigenvalue weighted by molar-refractivity contribution is 6.12. The molecule has 3 aliphatic carbocycles. The van der Waals surface area contributed by atoms with Crippen molar-refractivity contribution < 1.29 is 19.8 Å². The molecule has 0 heterocycles. The molecule has 2 fully saturated rings. The quantitative estimate of drug-likeness (QED) is 0.757. The lowest BCUT2D eigenvalue weighted by molar-refractivity contribution is -0.145. The average molecular weight is 360 g/mol. The first kappa shape index (κ1) is 19.5. The fourth-order valence-corrected chi connectivity index (χ4v) is 6.13. The van der Waals surface area contributed by atoms with E-state index in [9.17, 15) is 19.8 Å². The number of Topliss-reactive ketones (excluding diaryl/α,β-unsaturated/α-hetero) is 1. The molecule has 2 N–H and O–H groups in total. The van der Waals surface area contributed by atoms with Crippen molar-refractivity contribution in [1.29, 1.82) is 0 Å². The minimum Gasteiger partial charge on any atom is -0.392 e. The van der Waals surface area contributed by atoms with Crippen molar-refractivity contribution in [3.05, 3.63) is 23.8 Å². The van der Waals surface area contributed by atoms with Gasteiger partial charge < -0.3 is 10.2 Å². The van der Waals surface area contributed by atoms with E-state index >= 15 is 0 Å².